The van der Waals surface area contributed by atoms with E-state index in [1.807, 2.05) is 27.2 Å². The van der Waals surface area contributed by atoms with Crippen LogP contribution in [0.5, 0.6) is 0 Å². The van der Waals surface area contributed by atoms with E-state index in [-0.39, 0.29) is 12.5 Å². The van der Waals surface area contributed by atoms with Crippen LogP contribution in [0.4, 0.5) is 0 Å². The molecule has 9 heteroatoms. The summed E-state index contributed by atoms with van der Waals surface area (Å²) in [6.45, 7) is 4.49. The number of amides is 1. The number of carbonyl (C=O) groups is 1. The zero-order valence-corrected chi connectivity index (χ0v) is 46.9. The lowest BCUT2D eigenvalue weighted by Gasteiger charge is -2.29. The molecule has 0 radical (unpaired) electrons. The maximum absolute atomic E-state index is 12.9. The topological polar surface area (TPSA) is 108 Å². The summed E-state index contributed by atoms with van der Waals surface area (Å²) in [7, 11) is 1.24. The third-order valence-electron chi connectivity index (χ3n) is 12.9. The molecule has 0 aromatic heterocycles. The van der Waals surface area contributed by atoms with Crippen molar-refractivity contribution < 1.29 is 32.9 Å². The Bertz CT molecular complexity index is 1310. The average molecular weight is 990 g/mol. The monoisotopic (exact) mass is 989 g/mol. The van der Waals surface area contributed by atoms with Crippen molar-refractivity contribution in [2.75, 3.05) is 40.9 Å². The Morgan fingerprint density at radius 2 is 0.899 bits per heavy atom. The van der Waals surface area contributed by atoms with Gasteiger partial charge < -0.3 is 28.8 Å². The highest BCUT2D eigenvalue weighted by Gasteiger charge is 2.23. The minimum Gasteiger partial charge on any atom is -0.756 e. The van der Waals surface area contributed by atoms with Gasteiger partial charge in [0.15, 0.2) is 0 Å². The molecule has 0 saturated carbocycles. The first kappa shape index (κ1) is 67.2. The molecule has 0 heterocycles. The van der Waals surface area contributed by atoms with Gasteiger partial charge in [-0.1, -0.05) is 248 Å². The smallest absolute Gasteiger partial charge is 0.268 e. The van der Waals surface area contributed by atoms with Crippen LogP contribution >= 0.6 is 7.82 Å². The number of likely N-dealkylation sites (N-methyl/N-ethyl adjacent to an activating group) is 1. The highest BCUT2D eigenvalue weighted by molar-refractivity contribution is 7.45. The van der Waals surface area contributed by atoms with Gasteiger partial charge in [0, 0.05) is 6.42 Å². The van der Waals surface area contributed by atoms with E-state index < -0.39 is 26.6 Å². The molecule has 3 atom stereocenters. The second-order valence-corrected chi connectivity index (χ2v) is 22.4. The molecular weight excluding hydrogens is 876 g/mol. The number of unbranched alkanes of at least 4 members (excludes halogenated alkanes) is 32. The number of nitrogens with one attached hydrogen (secondary N) is 1. The van der Waals surface area contributed by atoms with Crippen LogP contribution in [0.2, 0.25) is 0 Å². The summed E-state index contributed by atoms with van der Waals surface area (Å²) in [4.78, 5) is 25.4. The molecule has 1 amide bonds. The Hall–Kier alpha value is -1.80. The summed E-state index contributed by atoms with van der Waals surface area (Å²) in [6, 6.07) is -0.908. The summed E-state index contributed by atoms with van der Waals surface area (Å²) in [6.07, 6.45) is 69.2. The molecule has 0 rings (SSSR count). The Morgan fingerprint density at radius 3 is 1.32 bits per heavy atom. The fourth-order valence-corrected chi connectivity index (χ4v) is 9.12. The molecule has 404 valence electrons. The highest BCUT2D eigenvalue weighted by Crippen LogP contribution is 2.38. The van der Waals surface area contributed by atoms with Crippen molar-refractivity contribution in [3.63, 3.8) is 0 Å². The molecule has 0 spiro atoms. The number of nitrogens with zero attached hydrogens (tertiary/aromatic N) is 1. The number of rotatable bonds is 53. The summed E-state index contributed by atoms with van der Waals surface area (Å²) in [5.74, 6) is -0.211. The van der Waals surface area contributed by atoms with Crippen LogP contribution < -0.4 is 10.2 Å². The average Bonchev–Trinajstić information content (AvgIpc) is 3.31. The number of phosphoric ester groups is 1. The Morgan fingerprint density at radius 1 is 0.522 bits per heavy atom. The van der Waals surface area contributed by atoms with Crippen LogP contribution in [0.25, 0.3) is 0 Å². The molecule has 0 aliphatic heterocycles. The van der Waals surface area contributed by atoms with Gasteiger partial charge in [-0.25, -0.2) is 0 Å². The molecule has 3 unspecified atom stereocenters. The van der Waals surface area contributed by atoms with E-state index in [0.29, 0.717) is 17.4 Å². The van der Waals surface area contributed by atoms with Crippen molar-refractivity contribution >= 4 is 13.7 Å². The van der Waals surface area contributed by atoms with Gasteiger partial charge in [0.1, 0.15) is 13.2 Å². The number of allylic oxidation sites excluding steroid dienone is 9. The van der Waals surface area contributed by atoms with E-state index in [4.69, 9.17) is 9.05 Å². The number of carbonyl (C=O) groups excluding carboxylic acids is 1. The minimum absolute atomic E-state index is 0.00939. The maximum atomic E-state index is 12.9. The molecule has 0 aromatic rings. The highest BCUT2D eigenvalue weighted by atomic mass is 31.2. The van der Waals surface area contributed by atoms with E-state index in [2.05, 4.69) is 67.8 Å². The number of aliphatic hydroxyl groups excluding tert-OH is 1. The van der Waals surface area contributed by atoms with Crippen molar-refractivity contribution in [1.82, 2.24) is 5.32 Å². The second-order valence-electron chi connectivity index (χ2n) is 20.9. The molecular formula is C60H113N2O6P. The molecule has 0 aromatic carbocycles. The SMILES string of the molecule is CC/C=C/CC/C=C/CC/C=C/C(O)C(COP(=O)([O-])OCC[N+](C)(C)C)NC(=O)CCCCCCCCCCCCCCCCCCCCCCCCCCC/C=C\C/C=C\CCCCCCC. The fraction of sp³-hybridized carbons (Fsp3) is 0.817. The van der Waals surface area contributed by atoms with Crippen LogP contribution in [0.1, 0.15) is 264 Å². The lowest BCUT2D eigenvalue weighted by molar-refractivity contribution is -0.870. The molecule has 0 aliphatic rings. The third kappa shape index (κ3) is 53.8. The summed E-state index contributed by atoms with van der Waals surface area (Å²) >= 11 is 0. The van der Waals surface area contributed by atoms with Crippen LogP contribution in [0, 0.1) is 0 Å². The first-order valence-electron chi connectivity index (χ1n) is 29.2. The molecule has 2 N–H and O–H groups in total. The van der Waals surface area contributed by atoms with Crippen molar-refractivity contribution in [1.29, 1.82) is 0 Å². The lowest BCUT2D eigenvalue weighted by Crippen LogP contribution is -2.45. The maximum Gasteiger partial charge on any atom is 0.268 e. The van der Waals surface area contributed by atoms with E-state index in [1.54, 1.807) is 6.08 Å². The number of quaternary nitrogens is 1. The van der Waals surface area contributed by atoms with E-state index in [1.165, 1.54) is 186 Å². The van der Waals surface area contributed by atoms with Gasteiger partial charge in [-0.2, -0.15) is 0 Å². The number of phosphoric acid groups is 1. The number of aliphatic hydroxyl groups is 1. The van der Waals surface area contributed by atoms with Crippen LogP contribution in [-0.4, -0.2) is 68.5 Å². The Labute approximate surface area is 428 Å². The predicted octanol–water partition coefficient (Wildman–Crippen LogP) is 17.1. The summed E-state index contributed by atoms with van der Waals surface area (Å²) in [5.41, 5.74) is 0. The Kier molecular flexibility index (Phi) is 49.8. The summed E-state index contributed by atoms with van der Waals surface area (Å²) in [5, 5.41) is 13.7. The van der Waals surface area contributed by atoms with Crippen molar-refractivity contribution in [3.05, 3.63) is 60.8 Å². The molecule has 0 fully saturated rings. The molecule has 8 nitrogen and oxygen atoms in total. The van der Waals surface area contributed by atoms with Crippen LogP contribution in [-0.2, 0) is 18.4 Å². The van der Waals surface area contributed by atoms with Gasteiger partial charge in [0.05, 0.1) is 39.9 Å². The first-order chi connectivity index (χ1) is 33.5. The van der Waals surface area contributed by atoms with Gasteiger partial charge in [0.25, 0.3) is 7.82 Å². The van der Waals surface area contributed by atoms with E-state index in [9.17, 15) is 19.4 Å². The zero-order valence-electron chi connectivity index (χ0n) is 46.0. The van der Waals surface area contributed by atoms with E-state index in [0.717, 1.165) is 57.8 Å². The molecule has 0 saturated heterocycles. The normalized spacial score (nSPS) is 14.4. The van der Waals surface area contributed by atoms with Gasteiger partial charge in [-0.15, -0.1) is 0 Å². The fourth-order valence-electron chi connectivity index (χ4n) is 8.40. The quantitative estimate of drug-likeness (QED) is 0.0272. The number of hydrogen-bond acceptors (Lipinski definition) is 6. The summed E-state index contributed by atoms with van der Waals surface area (Å²) < 4.78 is 23.2. The molecule has 0 aliphatic carbocycles. The van der Waals surface area contributed by atoms with Gasteiger partial charge >= 0.3 is 0 Å². The lowest BCUT2D eigenvalue weighted by atomic mass is 10.0. The van der Waals surface area contributed by atoms with Crippen molar-refractivity contribution in [3.8, 4) is 0 Å². The first-order valence-corrected chi connectivity index (χ1v) is 30.6. The third-order valence-corrected chi connectivity index (χ3v) is 13.9. The molecule has 0 bridgehead atoms. The molecule has 69 heavy (non-hydrogen) atoms. The standard InChI is InChI=1S/C60H113N2O6P/c1-6-8-10-12-14-16-18-19-20-21-22-23-24-25-26-27-28-29-30-31-32-33-34-35-36-37-38-39-40-41-42-43-44-46-48-50-52-54-60(64)61-58(57-68-69(65,66)67-56-55-62(3,4)5)59(63)53-51-49-47-45-17-15-13-11-9-7-2/h9,11,17-19,21-22,45,51,53,58-59,63H,6-8,10,12-16,20,23-44,46-50,52,54-57H2,1-5H3,(H-,61,64,65,66)/b11-9+,19-18-,22-21-,45-17+,53-51+. The number of hydrogen-bond donors (Lipinski definition) is 2. The van der Waals surface area contributed by atoms with Gasteiger partial charge in [0.2, 0.25) is 5.91 Å². The Balaban J connectivity index is 3.86. The van der Waals surface area contributed by atoms with Crippen molar-refractivity contribution in [2.45, 2.75) is 276 Å². The predicted molar refractivity (Wildman–Crippen MR) is 297 cm³/mol. The van der Waals surface area contributed by atoms with Crippen molar-refractivity contribution in [2.24, 2.45) is 0 Å². The van der Waals surface area contributed by atoms with Crippen LogP contribution in [0.3, 0.4) is 0 Å². The largest absolute Gasteiger partial charge is 0.756 e. The van der Waals surface area contributed by atoms with E-state index >= 15 is 0 Å². The van der Waals surface area contributed by atoms with Crippen LogP contribution in [0.15, 0.2) is 60.8 Å². The van der Waals surface area contributed by atoms with Gasteiger partial charge in [-0.05, 0) is 70.6 Å². The zero-order chi connectivity index (χ0) is 50.6. The minimum atomic E-state index is -4.60. The second kappa shape index (κ2) is 51.1. The van der Waals surface area contributed by atoms with Gasteiger partial charge in [-0.3, -0.25) is 9.36 Å².